The monoisotopic (exact) mass is 697 g/mol. The van der Waals surface area contributed by atoms with E-state index in [0.29, 0.717) is 23.5 Å². The number of nitrogens with one attached hydrogen (secondary N) is 1. The van der Waals surface area contributed by atoms with Crippen LogP contribution in [0.15, 0.2) is 48.5 Å². The maximum atomic E-state index is 13.5. The van der Waals surface area contributed by atoms with Crippen molar-refractivity contribution in [2.45, 2.75) is 47.3 Å². The second kappa shape index (κ2) is 15.5. The van der Waals surface area contributed by atoms with Crippen LogP contribution in [0.25, 0.3) is 0 Å². The second-order valence-corrected chi connectivity index (χ2v) is 16.3. The van der Waals surface area contributed by atoms with E-state index in [4.69, 9.17) is 19.4 Å². The van der Waals surface area contributed by atoms with E-state index in [0.717, 1.165) is 18.7 Å². The maximum Gasteiger partial charge on any atom is 0.0142 e. The van der Waals surface area contributed by atoms with Gasteiger partial charge in [0.15, 0.2) is 0 Å². The molecule has 0 saturated carbocycles. The molecular weight excluding hydrogens is 660 g/mol. The van der Waals surface area contributed by atoms with Gasteiger partial charge >= 0.3 is 153 Å². The van der Waals surface area contributed by atoms with Crippen LogP contribution in [0.5, 0.6) is 5.75 Å². The van der Waals surface area contributed by atoms with Crippen LogP contribution in [0.2, 0.25) is 0 Å². The van der Waals surface area contributed by atoms with Gasteiger partial charge in [-0.1, -0.05) is 17.7 Å². The first kappa shape index (κ1) is 32.8. The quantitative estimate of drug-likeness (QED) is 0.0843. The first-order chi connectivity index (χ1) is 19.0. The van der Waals surface area contributed by atoms with Crippen LogP contribution < -0.4 is 10.2 Å². The molecule has 0 radical (unpaired) electrons. The summed E-state index contributed by atoms with van der Waals surface area (Å²) in [6, 6.07) is 13.4. The molecule has 2 N–H and O–H groups in total. The Balaban J connectivity index is 0.000000238. The van der Waals surface area contributed by atoms with Crippen LogP contribution in [-0.4, -0.2) is 39.1 Å². The summed E-state index contributed by atoms with van der Waals surface area (Å²) in [4.78, 5) is 2.36. The third kappa shape index (κ3) is 9.70. The van der Waals surface area contributed by atoms with E-state index in [2.05, 4.69) is 65.1 Å². The maximum absolute atomic E-state index is 13.5. The fraction of sp³-hybridized carbons (Fsp3) is 0.333. The van der Waals surface area contributed by atoms with Gasteiger partial charge in [-0.25, -0.2) is 0 Å². The molecule has 0 aromatic heterocycles. The summed E-state index contributed by atoms with van der Waals surface area (Å²) >= 11 is -0.295. The Labute approximate surface area is 254 Å². The van der Waals surface area contributed by atoms with Gasteiger partial charge in [0.1, 0.15) is 0 Å². The van der Waals surface area contributed by atoms with Gasteiger partial charge in [-0.2, -0.15) is 6.67 Å². The molecule has 0 amide bonds. The molecule has 220 valence electrons. The zero-order chi connectivity index (χ0) is 29.4. The van der Waals surface area contributed by atoms with E-state index in [1.807, 2.05) is 13.8 Å². The van der Waals surface area contributed by atoms with Crippen LogP contribution >= 0.6 is 31.3 Å². The molecule has 0 spiro atoms. The number of nitrogens with zero attached hydrogens (tertiary/aromatic N) is 2. The summed E-state index contributed by atoms with van der Waals surface area (Å²) in [5.74, 6) is -0.0170. The Morgan fingerprint density at radius 1 is 1.02 bits per heavy atom. The van der Waals surface area contributed by atoms with Crippen molar-refractivity contribution >= 4 is 47.3 Å². The molecule has 1 aliphatic heterocycles. The summed E-state index contributed by atoms with van der Waals surface area (Å²) in [6.07, 6.45) is 2.21. The molecule has 3 aromatic carbocycles. The van der Waals surface area contributed by atoms with Crippen molar-refractivity contribution in [3.63, 3.8) is 0 Å². The van der Waals surface area contributed by atoms with Crippen molar-refractivity contribution in [3.05, 3.63) is 94.7 Å². The molecule has 0 atom stereocenters. The summed E-state index contributed by atoms with van der Waals surface area (Å²) in [5.41, 5.74) is 7.54. The smallest absolute Gasteiger partial charge is 0.0142 e. The molecule has 0 aliphatic carbocycles. The Hall–Kier alpha value is -1.70. The molecule has 0 bridgehead atoms. The number of hydrogen-bond acceptors (Lipinski definition) is 4. The summed E-state index contributed by atoms with van der Waals surface area (Å²) < 4.78 is 35.4. The SMILES string of the molecule is CC(C)[OH+]c1ccc(F)cc1NCc1ccc(F)cc1[CH]=[Ru]([Cl])[Cl].CSN1[CH-]N(c2c(C)cc(C)cc2C)CC1. The molecule has 10 heteroatoms. The van der Waals surface area contributed by atoms with E-state index in [1.54, 1.807) is 28.7 Å². The molecule has 3 aromatic rings. The first-order valence-corrected chi connectivity index (χ1v) is 19.5. The summed E-state index contributed by atoms with van der Waals surface area (Å²) in [6.45, 7) is 15.3. The number of halogens is 4. The van der Waals surface area contributed by atoms with E-state index < -0.39 is 13.5 Å². The van der Waals surface area contributed by atoms with Crippen molar-refractivity contribution in [2.75, 3.05) is 29.6 Å². The van der Waals surface area contributed by atoms with Crippen LogP contribution in [0.3, 0.4) is 0 Å². The molecule has 40 heavy (non-hydrogen) atoms. The average molecular weight is 698 g/mol. The van der Waals surface area contributed by atoms with Crippen LogP contribution in [0.4, 0.5) is 20.2 Å². The Morgan fingerprint density at radius 2 is 1.68 bits per heavy atom. The van der Waals surface area contributed by atoms with Crippen molar-refractivity contribution in [1.29, 1.82) is 0 Å². The Morgan fingerprint density at radius 3 is 2.27 bits per heavy atom. The van der Waals surface area contributed by atoms with E-state index in [9.17, 15) is 8.78 Å². The van der Waals surface area contributed by atoms with Crippen molar-refractivity contribution in [1.82, 2.24) is 4.31 Å². The van der Waals surface area contributed by atoms with Gasteiger partial charge in [-0.05, 0) is 44.7 Å². The van der Waals surface area contributed by atoms with Gasteiger partial charge < -0.3 is 9.21 Å². The molecule has 1 heterocycles. The van der Waals surface area contributed by atoms with Crippen molar-refractivity contribution in [2.24, 2.45) is 0 Å². The minimum Gasteiger partial charge on any atom is -0.506 e. The number of hydrogen-bond donors (Lipinski definition) is 1. The van der Waals surface area contributed by atoms with E-state index in [1.165, 1.54) is 46.6 Å². The number of aryl methyl sites for hydroxylation is 3. The number of aromatic hydroxyl groups is 1. The largest absolute Gasteiger partial charge is 0.506 e. The summed E-state index contributed by atoms with van der Waals surface area (Å²) in [7, 11) is 11.8. The molecule has 4 rings (SSSR count). The predicted molar refractivity (Wildman–Crippen MR) is 166 cm³/mol. The third-order valence-corrected chi connectivity index (χ3v) is 8.69. The fourth-order valence-corrected chi connectivity index (χ4v) is 6.88. The average Bonchev–Trinajstić information content (AvgIpc) is 3.33. The van der Waals surface area contributed by atoms with Crippen molar-refractivity contribution in [3.8, 4) is 5.75 Å². The Kier molecular flexibility index (Phi) is 12.7. The van der Waals surface area contributed by atoms with Crippen LogP contribution in [0, 0.1) is 39.1 Å². The molecule has 0 unspecified atom stereocenters. The predicted octanol–water partition coefficient (Wildman–Crippen LogP) is 8.43. The zero-order valence-electron chi connectivity index (χ0n) is 23.6. The molecule has 1 fully saturated rings. The molecule has 4 nitrogen and oxygen atoms in total. The number of benzene rings is 3. The number of ether oxygens (including phenoxy) is 1. The molecule has 1 saturated heterocycles. The first-order valence-electron chi connectivity index (χ1n) is 12.8. The van der Waals surface area contributed by atoms with Gasteiger partial charge in [0.05, 0.1) is 0 Å². The van der Waals surface area contributed by atoms with Crippen molar-refractivity contribution < 1.29 is 27.0 Å². The molecular formula is C30H37Cl2F2N3ORuS. The Bertz CT molecular complexity index is 1320. The number of anilines is 2. The standard InChI is InChI=1S/C17H17F2NO.C13H19N2S.2ClH.Ru/c1-11(2)21-17-7-6-15(19)9-16(17)20-10-13-4-5-14(18)8-12(13)3;1-10-7-11(2)13(12(3)8-10)14-5-6-15(9-14)16-4;;;/h3-9,11,20H,10H2,1-2H3;7-9H,5-6H2,1-4H3;2*1H;/q;-1;;;+2/p-1. The van der Waals surface area contributed by atoms with Gasteiger partial charge in [0.2, 0.25) is 0 Å². The van der Waals surface area contributed by atoms with Gasteiger partial charge in [0, 0.05) is 12.2 Å². The number of rotatable bonds is 8. The second-order valence-electron chi connectivity index (χ2n) is 9.77. The topological polar surface area (TPSA) is 31.3 Å². The molecule has 1 aliphatic rings. The van der Waals surface area contributed by atoms with Gasteiger partial charge in [0.25, 0.3) is 0 Å². The fourth-order valence-electron chi connectivity index (χ4n) is 4.55. The van der Waals surface area contributed by atoms with Gasteiger partial charge in [-0.3, -0.25) is 0 Å². The zero-order valence-corrected chi connectivity index (χ0v) is 27.7. The van der Waals surface area contributed by atoms with Gasteiger partial charge in [-0.15, -0.1) is 11.9 Å². The minimum atomic E-state index is -2.08. The minimum absolute atomic E-state index is 0.0881. The third-order valence-electron chi connectivity index (χ3n) is 6.11. The van der Waals surface area contributed by atoms with E-state index >= 15 is 0 Å². The van der Waals surface area contributed by atoms with Crippen LogP contribution in [-0.2, 0) is 20.1 Å². The normalized spacial score (nSPS) is 13.7. The summed E-state index contributed by atoms with van der Waals surface area (Å²) in [5, 5.41) is 3.16. The number of aliphatic hydroxyl groups is 1. The van der Waals surface area contributed by atoms with E-state index in [-0.39, 0.29) is 17.7 Å². The van der Waals surface area contributed by atoms with Crippen LogP contribution in [0.1, 0.15) is 41.7 Å².